The first-order valence-corrected chi connectivity index (χ1v) is 8.34. The Hall–Kier alpha value is -2.56. The van der Waals surface area contributed by atoms with Crippen LogP contribution in [0.3, 0.4) is 0 Å². The zero-order valence-electron chi connectivity index (χ0n) is 12.0. The fraction of sp³-hybridized carbons (Fsp3) is 0.417. The van der Waals surface area contributed by atoms with Crippen LogP contribution < -0.4 is 0 Å². The molecule has 124 valence electrons. The van der Waals surface area contributed by atoms with Crippen molar-refractivity contribution in [3.63, 3.8) is 0 Å². The third-order valence-corrected chi connectivity index (χ3v) is 5.40. The van der Waals surface area contributed by atoms with Crippen molar-refractivity contribution < 1.29 is 23.1 Å². The number of amides is 1. The molecule has 1 saturated heterocycles. The summed E-state index contributed by atoms with van der Waals surface area (Å²) in [4.78, 5) is 33.6. The number of rotatable bonds is 4. The third kappa shape index (κ3) is 3.62. The van der Waals surface area contributed by atoms with Crippen LogP contribution in [0.2, 0.25) is 0 Å². The summed E-state index contributed by atoms with van der Waals surface area (Å²) in [5.41, 5.74) is -1.37. The minimum atomic E-state index is -3.21. The van der Waals surface area contributed by atoms with Crippen molar-refractivity contribution in [3.8, 4) is 0 Å². The molecule has 0 radical (unpaired) electrons. The monoisotopic (exact) mass is 343 g/mol. The van der Waals surface area contributed by atoms with E-state index in [2.05, 4.69) is 0 Å². The lowest BCUT2D eigenvalue weighted by molar-refractivity contribution is -0.394. The van der Waals surface area contributed by atoms with Crippen molar-refractivity contribution in [1.29, 1.82) is 0 Å². The van der Waals surface area contributed by atoms with E-state index in [1.165, 1.54) is 7.05 Å². The quantitative estimate of drug-likeness (QED) is 0.580. The molecule has 0 saturated carbocycles. The highest BCUT2D eigenvalue weighted by molar-refractivity contribution is 7.91. The van der Waals surface area contributed by atoms with Crippen LogP contribution in [0, 0.1) is 20.2 Å². The molecule has 10 nitrogen and oxygen atoms in total. The van der Waals surface area contributed by atoms with E-state index in [-0.39, 0.29) is 23.5 Å². The number of hydrogen-bond donors (Lipinski definition) is 0. The van der Waals surface area contributed by atoms with Crippen molar-refractivity contribution in [1.82, 2.24) is 4.90 Å². The van der Waals surface area contributed by atoms with Crippen LogP contribution in [-0.4, -0.2) is 53.7 Å². The predicted octanol–water partition coefficient (Wildman–Crippen LogP) is 0.762. The first-order chi connectivity index (χ1) is 10.6. The van der Waals surface area contributed by atoms with E-state index in [0.29, 0.717) is 0 Å². The van der Waals surface area contributed by atoms with Crippen LogP contribution in [0.5, 0.6) is 0 Å². The van der Waals surface area contributed by atoms with E-state index in [9.17, 15) is 33.4 Å². The molecule has 11 heteroatoms. The second kappa shape index (κ2) is 5.91. The van der Waals surface area contributed by atoms with Gasteiger partial charge in [-0.1, -0.05) is 0 Å². The molecular formula is C12H13N3O7S. The number of sulfone groups is 1. The number of benzene rings is 1. The van der Waals surface area contributed by atoms with E-state index in [4.69, 9.17) is 0 Å². The van der Waals surface area contributed by atoms with E-state index < -0.39 is 43.0 Å². The molecule has 0 aliphatic carbocycles. The van der Waals surface area contributed by atoms with Crippen molar-refractivity contribution >= 4 is 27.1 Å². The number of carbonyl (C=O) groups is 1. The van der Waals surface area contributed by atoms with Gasteiger partial charge in [-0.3, -0.25) is 25.0 Å². The maximum atomic E-state index is 12.4. The standard InChI is InChI=1S/C12H13N3O7S/c1-13(9-2-3-23(21,22)7-9)12(16)8-4-10(14(17)18)6-11(5-8)15(19)20/h4-6,9H,2-3,7H2,1H3/t9-/m0/s1. The van der Waals surface area contributed by atoms with Crippen molar-refractivity contribution in [2.75, 3.05) is 18.6 Å². The molecule has 1 aromatic carbocycles. The average Bonchev–Trinajstić information content (AvgIpc) is 2.85. The van der Waals surface area contributed by atoms with Gasteiger partial charge in [-0.2, -0.15) is 0 Å². The highest BCUT2D eigenvalue weighted by Gasteiger charge is 2.33. The Morgan fingerprint density at radius 3 is 2.09 bits per heavy atom. The summed E-state index contributed by atoms with van der Waals surface area (Å²) in [5.74, 6) is -0.921. The van der Waals surface area contributed by atoms with Gasteiger partial charge < -0.3 is 4.90 Å². The SMILES string of the molecule is CN(C(=O)c1cc([N+](=O)[O-])cc([N+](=O)[O-])c1)[C@H]1CCS(=O)(=O)C1. The van der Waals surface area contributed by atoms with E-state index in [1.54, 1.807) is 0 Å². The number of carbonyl (C=O) groups excluding carboxylic acids is 1. The number of nitro groups is 2. The summed E-state index contributed by atoms with van der Waals surface area (Å²) < 4.78 is 22.9. The third-order valence-electron chi connectivity index (χ3n) is 3.65. The zero-order chi connectivity index (χ0) is 17.4. The number of nitrogens with zero attached hydrogens (tertiary/aromatic N) is 3. The maximum absolute atomic E-state index is 12.4. The van der Waals surface area contributed by atoms with Crippen LogP contribution in [0.4, 0.5) is 11.4 Å². The summed E-state index contributed by atoms with van der Waals surface area (Å²) >= 11 is 0. The molecule has 1 aliphatic heterocycles. The molecule has 2 rings (SSSR count). The second-order valence-electron chi connectivity index (χ2n) is 5.23. The van der Waals surface area contributed by atoms with Gasteiger partial charge in [-0.15, -0.1) is 0 Å². The van der Waals surface area contributed by atoms with Gasteiger partial charge in [0.15, 0.2) is 9.84 Å². The molecule has 1 heterocycles. The minimum absolute atomic E-state index is 0.0373. The van der Waals surface area contributed by atoms with Gasteiger partial charge in [0.25, 0.3) is 17.3 Å². The Bertz CT molecular complexity index is 758. The maximum Gasteiger partial charge on any atom is 0.277 e. The minimum Gasteiger partial charge on any atom is -0.338 e. The summed E-state index contributed by atoms with van der Waals surface area (Å²) in [6.07, 6.45) is 0.265. The van der Waals surface area contributed by atoms with Gasteiger partial charge in [-0.25, -0.2) is 8.42 Å². The summed E-state index contributed by atoms with van der Waals surface area (Å²) in [5, 5.41) is 21.7. The van der Waals surface area contributed by atoms with Gasteiger partial charge in [0, 0.05) is 25.2 Å². The normalized spacial score (nSPS) is 19.3. The largest absolute Gasteiger partial charge is 0.338 e. The highest BCUT2D eigenvalue weighted by Crippen LogP contribution is 2.25. The number of non-ortho nitro benzene ring substituents is 2. The van der Waals surface area contributed by atoms with Crippen molar-refractivity contribution in [2.45, 2.75) is 12.5 Å². The molecule has 1 fully saturated rings. The summed E-state index contributed by atoms with van der Waals surface area (Å²) in [7, 11) is -1.84. The van der Waals surface area contributed by atoms with Gasteiger partial charge in [0.1, 0.15) is 0 Å². The molecule has 0 unspecified atom stereocenters. The lowest BCUT2D eigenvalue weighted by Crippen LogP contribution is -2.37. The summed E-state index contributed by atoms with van der Waals surface area (Å²) in [6.45, 7) is 0. The van der Waals surface area contributed by atoms with Gasteiger partial charge in [0.2, 0.25) is 0 Å². The smallest absolute Gasteiger partial charge is 0.277 e. The van der Waals surface area contributed by atoms with Crippen LogP contribution in [0.1, 0.15) is 16.8 Å². The molecule has 0 bridgehead atoms. The van der Waals surface area contributed by atoms with Gasteiger partial charge in [0.05, 0.1) is 33.0 Å². The molecule has 23 heavy (non-hydrogen) atoms. The molecule has 1 aromatic rings. The van der Waals surface area contributed by atoms with E-state index in [1.807, 2.05) is 0 Å². The van der Waals surface area contributed by atoms with E-state index in [0.717, 1.165) is 23.1 Å². The van der Waals surface area contributed by atoms with Crippen LogP contribution in [0.25, 0.3) is 0 Å². The Morgan fingerprint density at radius 2 is 1.70 bits per heavy atom. The molecule has 0 aromatic heterocycles. The topological polar surface area (TPSA) is 141 Å². The van der Waals surface area contributed by atoms with Crippen LogP contribution in [-0.2, 0) is 9.84 Å². The molecule has 1 amide bonds. The Kier molecular flexibility index (Phi) is 4.32. The average molecular weight is 343 g/mol. The van der Waals surface area contributed by atoms with Gasteiger partial charge >= 0.3 is 0 Å². The van der Waals surface area contributed by atoms with Crippen molar-refractivity contribution in [2.24, 2.45) is 0 Å². The zero-order valence-corrected chi connectivity index (χ0v) is 12.9. The second-order valence-corrected chi connectivity index (χ2v) is 7.45. The van der Waals surface area contributed by atoms with Gasteiger partial charge in [-0.05, 0) is 6.42 Å². The number of hydrogen-bond acceptors (Lipinski definition) is 7. The Morgan fingerprint density at radius 1 is 1.17 bits per heavy atom. The fourth-order valence-electron chi connectivity index (χ4n) is 2.38. The fourth-order valence-corrected chi connectivity index (χ4v) is 4.15. The van der Waals surface area contributed by atoms with E-state index >= 15 is 0 Å². The number of nitro benzene ring substituents is 2. The molecular weight excluding hydrogens is 330 g/mol. The molecule has 1 aliphatic rings. The molecule has 0 spiro atoms. The first kappa shape index (κ1) is 16.8. The molecule has 1 atom stereocenters. The van der Waals surface area contributed by atoms with Crippen molar-refractivity contribution in [3.05, 3.63) is 44.0 Å². The Labute approximate surface area is 130 Å². The Balaban J connectivity index is 2.35. The lowest BCUT2D eigenvalue weighted by atomic mass is 10.1. The van der Waals surface area contributed by atoms with Crippen LogP contribution in [0.15, 0.2) is 18.2 Å². The summed E-state index contributed by atoms with van der Waals surface area (Å²) in [6, 6.07) is 2.09. The first-order valence-electron chi connectivity index (χ1n) is 6.52. The molecule has 0 N–H and O–H groups in total. The predicted molar refractivity (Wildman–Crippen MR) is 78.9 cm³/mol. The highest BCUT2D eigenvalue weighted by atomic mass is 32.2. The lowest BCUT2D eigenvalue weighted by Gasteiger charge is -2.23. The van der Waals surface area contributed by atoms with Crippen LogP contribution >= 0.6 is 0 Å².